The summed E-state index contributed by atoms with van der Waals surface area (Å²) in [6, 6.07) is 13.0. The zero-order valence-corrected chi connectivity index (χ0v) is 33.5. The molecule has 1 aromatic heterocycles. The summed E-state index contributed by atoms with van der Waals surface area (Å²) in [6.07, 6.45) is -23.9. The lowest BCUT2D eigenvalue weighted by Gasteiger charge is -2.45. The molecule has 7 rings (SSSR count). The van der Waals surface area contributed by atoms with Gasteiger partial charge in [0.25, 0.3) is 0 Å². The Morgan fingerprint density at radius 1 is 0.688 bits per heavy atom. The zero-order valence-electron chi connectivity index (χ0n) is 33.5. The number of phenolic OH excluding ortho intramolecular Hbond substituents is 3. The number of esters is 1. The highest BCUT2D eigenvalue weighted by atomic mass is 16.8. The van der Waals surface area contributed by atoms with Crippen molar-refractivity contribution in [2.75, 3.05) is 13.2 Å². The maximum Gasteiger partial charge on any atom is 0.330 e. The topological polar surface area (TPSA) is 355 Å². The van der Waals surface area contributed by atoms with E-state index in [1.54, 1.807) is 0 Å². The lowest BCUT2D eigenvalue weighted by atomic mass is 9.97. The fourth-order valence-corrected chi connectivity index (χ4v) is 7.18. The van der Waals surface area contributed by atoms with E-state index in [9.17, 15) is 70.9 Å². The molecule has 3 aromatic carbocycles. The minimum Gasteiger partial charge on any atom is -0.508 e. The number of aromatic hydroxyl groups is 3. The van der Waals surface area contributed by atoms with Gasteiger partial charge in [-0.2, -0.15) is 0 Å². The maximum absolute atomic E-state index is 14.4. The summed E-state index contributed by atoms with van der Waals surface area (Å²) in [5.41, 5.74) is -0.785. The second-order valence-electron chi connectivity index (χ2n) is 15.2. The lowest BCUT2D eigenvalue weighted by Crippen LogP contribution is -2.64. The molecule has 0 amide bonds. The van der Waals surface area contributed by atoms with Crippen LogP contribution in [-0.2, 0) is 28.5 Å². The molecule has 22 nitrogen and oxygen atoms in total. The summed E-state index contributed by atoms with van der Waals surface area (Å²) in [7, 11) is 0. The molecule has 22 heteroatoms. The smallest absolute Gasteiger partial charge is 0.330 e. The minimum atomic E-state index is -2.03. The molecular weight excluding hydrogens is 856 g/mol. The molecule has 4 aromatic rings. The predicted molar refractivity (Wildman–Crippen MR) is 212 cm³/mol. The maximum atomic E-state index is 14.4. The Kier molecular flexibility index (Phi) is 14.1. The molecule has 15 atom stereocenters. The molecule has 3 saturated heterocycles. The normalized spacial score (nSPS) is 33.2. The number of fused-ring (bicyclic) bond motifs is 1. The van der Waals surface area contributed by atoms with E-state index in [0.29, 0.717) is 5.56 Å². The lowest BCUT2D eigenvalue weighted by molar-refractivity contribution is -0.355. The monoisotopic (exact) mass is 902 g/mol. The molecule has 3 aliphatic rings. The van der Waals surface area contributed by atoms with Gasteiger partial charge in [0.1, 0.15) is 102 Å². The predicted octanol–water partition coefficient (Wildman–Crippen LogP) is -1.95. The van der Waals surface area contributed by atoms with Gasteiger partial charge in [0.05, 0.1) is 12.7 Å². The Bertz CT molecular complexity index is 2330. The number of hydrogen-bond acceptors (Lipinski definition) is 22. The number of aliphatic hydroxyl groups is 9. The fourth-order valence-electron chi connectivity index (χ4n) is 7.18. The number of ether oxygens (including phenoxy) is 7. The van der Waals surface area contributed by atoms with Crippen molar-refractivity contribution in [2.45, 2.75) is 99.0 Å². The van der Waals surface area contributed by atoms with Crippen LogP contribution < -0.4 is 14.9 Å². The molecule has 12 N–H and O–H groups in total. The van der Waals surface area contributed by atoms with Crippen molar-refractivity contribution < 1.29 is 104 Å². The number of carbonyl (C=O) groups excluding carboxylic acids is 1. The Hall–Kier alpha value is -5.44. The molecule has 3 fully saturated rings. The van der Waals surface area contributed by atoms with Gasteiger partial charge in [-0.15, -0.1) is 0 Å². The molecule has 4 heterocycles. The second-order valence-corrected chi connectivity index (χ2v) is 15.2. The first-order valence-electron chi connectivity index (χ1n) is 19.7. The van der Waals surface area contributed by atoms with E-state index in [-0.39, 0.29) is 34.2 Å². The van der Waals surface area contributed by atoms with Crippen LogP contribution in [-0.4, -0.2) is 173 Å². The summed E-state index contributed by atoms with van der Waals surface area (Å²) >= 11 is 0. The first-order chi connectivity index (χ1) is 30.4. The van der Waals surface area contributed by atoms with Crippen LogP contribution in [0.4, 0.5) is 0 Å². The summed E-state index contributed by atoms with van der Waals surface area (Å²) in [4.78, 5) is 26.9. The van der Waals surface area contributed by atoms with Crippen molar-refractivity contribution in [3.8, 4) is 40.1 Å². The zero-order chi connectivity index (χ0) is 46.1. The molecule has 0 unspecified atom stereocenters. The number of phenols is 3. The average Bonchev–Trinajstić information content (AvgIpc) is 3.27. The fraction of sp³-hybridized carbons (Fsp3) is 0.429. The van der Waals surface area contributed by atoms with Gasteiger partial charge in [-0.25, -0.2) is 4.79 Å². The third-order valence-corrected chi connectivity index (χ3v) is 10.8. The Balaban J connectivity index is 1.17. The van der Waals surface area contributed by atoms with Gasteiger partial charge in [-0.05, 0) is 55.0 Å². The van der Waals surface area contributed by atoms with E-state index in [0.717, 1.165) is 18.2 Å². The molecule has 346 valence electrons. The van der Waals surface area contributed by atoms with E-state index in [1.165, 1.54) is 61.5 Å². The van der Waals surface area contributed by atoms with Crippen LogP contribution in [0.25, 0.3) is 28.4 Å². The van der Waals surface area contributed by atoms with Crippen LogP contribution in [0.5, 0.6) is 28.7 Å². The van der Waals surface area contributed by atoms with Crippen LogP contribution >= 0.6 is 0 Å². The van der Waals surface area contributed by atoms with Crippen molar-refractivity contribution in [1.82, 2.24) is 0 Å². The average molecular weight is 903 g/mol. The molecular formula is C42H46O22. The standard InChI is InChI=1S/C42H46O22/c1-16-28(48)34(54)39(64-41-36(56)33(53)30(50)25(62-41)15-57-26(47)11-4-17-2-7-19(44)8-3-17)42(58-16)63-38-31(51)27-22(46)12-21(59-40-35(55)32(52)29(49)24(14-43)61-40)13-23(27)60-37(38)18-5-9-20(45)10-6-18/h2-13,16,24-25,28-30,32-36,39-46,48-50,52-56H,14-15H2,1H3/t16-,24+,25+,28-,29-,30+,32-,33+,34+,35-,36+,39+,40+,41+,42-/m0/s1. The third-order valence-electron chi connectivity index (χ3n) is 10.8. The number of rotatable bonds is 12. The Labute approximate surface area is 361 Å². The van der Waals surface area contributed by atoms with Gasteiger partial charge in [-0.3, -0.25) is 4.79 Å². The van der Waals surface area contributed by atoms with Crippen LogP contribution in [0.2, 0.25) is 0 Å². The molecule has 3 aliphatic heterocycles. The first kappa shape index (κ1) is 46.5. The van der Waals surface area contributed by atoms with Crippen LogP contribution in [0.15, 0.2) is 76.0 Å². The largest absolute Gasteiger partial charge is 0.508 e. The van der Waals surface area contributed by atoms with Gasteiger partial charge in [-0.1, -0.05) is 12.1 Å². The van der Waals surface area contributed by atoms with E-state index in [1.807, 2.05) is 0 Å². The van der Waals surface area contributed by atoms with E-state index >= 15 is 0 Å². The molecule has 0 spiro atoms. The highest BCUT2D eigenvalue weighted by Crippen LogP contribution is 2.39. The number of aliphatic hydroxyl groups excluding tert-OH is 9. The van der Waals surface area contributed by atoms with Gasteiger partial charge in [0, 0.05) is 23.8 Å². The minimum absolute atomic E-state index is 0.00919. The van der Waals surface area contributed by atoms with Crippen LogP contribution in [0, 0.1) is 0 Å². The van der Waals surface area contributed by atoms with Crippen molar-refractivity contribution >= 4 is 23.0 Å². The van der Waals surface area contributed by atoms with Crippen molar-refractivity contribution in [3.05, 3.63) is 82.5 Å². The molecule has 0 bridgehead atoms. The van der Waals surface area contributed by atoms with Gasteiger partial charge in [0.2, 0.25) is 23.8 Å². The summed E-state index contributed by atoms with van der Waals surface area (Å²) in [5, 5.41) is 125. The van der Waals surface area contributed by atoms with E-state index in [4.69, 9.17) is 37.6 Å². The first-order valence-corrected chi connectivity index (χ1v) is 19.7. The molecule has 0 aliphatic carbocycles. The van der Waals surface area contributed by atoms with Crippen LogP contribution in [0.3, 0.4) is 0 Å². The van der Waals surface area contributed by atoms with Crippen molar-refractivity contribution in [1.29, 1.82) is 0 Å². The summed E-state index contributed by atoms with van der Waals surface area (Å²) < 4.78 is 45.8. The quantitative estimate of drug-likeness (QED) is 0.0543. The van der Waals surface area contributed by atoms with Gasteiger partial charge in [0.15, 0.2) is 18.2 Å². The Morgan fingerprint density at radius 3 is 1.95 bits per heavy atom. The molecule has 0 saturated carbocycles. The number of hydrogen-bond donors (Lipinski definition) is 12. The van der Waals surface area contributed by atoms with Gasteiger partial charge < -0.3 is 98.9 Å². The van der Waals surface area contributed by atoms with Crippen molar-refractivity contribution in [3.63, 3.8) is 0 Å². The van der Waals surface area contributed by atoms with Crippen molar-refractivity contribution in [2.24, 2.45) is 0 Å². The van der Waals surface area contributed by atoms with Gasteiger partial charge >= 0.3 is 5.97 Å². The van der Waals surface area contributed by atoms with E-state index in [2.05, 4.69) is 0 Å². The van der Waals surface area contributed by atoms with Crippen LogP contribution in [0.1, 0.15) is 12.5 Å². The number of benzene rings is 3. The highest BCUT2D eigenvalue weighted by Gasteiger charge is 2.51. The highest BCUT2D eigenvalue weighted by molar-refractivity contribution is 5.88. The number of carbonyl (C=O) groups is 1. The Morgan fingerprint density at radius 2 is 1.30 bits per heavy atom. The molecule has 64 heavy (non-hydrogen) atoms. The SMILES string of the molecule is C[C@@H]1O[C@@H](Oc2c(-c3ccc(O)cc3)oc3cc(O[C@@H]4O[C@H](CO)[C@H](O)[C@H](O)[C@@H]4O)cc(O)c3c2=O)[C@H](O[C@H]2O[C@H](COC(=O)C=Cc3ccc(O)cc3)[C@@H](O)[C@@H](O)[C@H]2O)[C@H](O)[C@H]1O. The summed E-state index contributed by atoms with van der Waals surface area (Å²) in [5.74, 6) is -3.18. The third kappa shape index (κ3) is 9.64. The second kappa shape index (κ2) is 19.3. The molecule has 0 radical (unpaired) electrons. The summed E-state index contributed by atoms with van der Waals surface area (Å²) in [6.45, 7) is -0.0916. The van der Waals surface area contributed by atoms with E-state index < -0.39 is 134 Å².